The number of aromatic nitrogens is 2. The monoisotopic (exact) mass is 326 g/mol. The summed E-state index contributed by atoms with van der Waals surface area (Å²) < 4.78 is 1.13. The van der Waals surface area contributed by atoms with Crippen molar-refractivity contribution in [3.8, 4) is 0 Å². The van der Waals surface area contributed by atoms with Crippen LogP contribution < -0.4 is 11.1 Å². The van der Waals surface area contributed by atoms with Gasteiger partial charge in [-0.25, -0.2) is 9.97 Å². The molecule has 0 radical (unpaired) electrons. The van der Waals surface area contributed by atoms with Gasteiger partial charge in [-0.15, -0.1) is 0 Å². The predicted octanol–water partition coefficient (Wildman–Crippen LogP) is 2.28. The molecule has 4 nitrogen and oxygen atoms in total. The fraction of sp³-hybridized carbons (Fsp3) is 0.0909. The Kier molecular flexibility index (Phi) is 3.55. The highest BCUT2D eigenvalue weighted by molar-refractivity contribution is 14.1. The molecule has 0 saturated carbocycles. The number of nitrogens with two attached hydrogens (primary N) is 1. The van der Waals surface area contributed by atoms with Crippen molar-refractivity contribution in [3.63, 3.8) is 0 Å². The molecule has 0 bridgehead atoms. The van der Waals surface area contributed by atoms with E-state index < -0.39 is 0 Å². The molecule has 2 aromatic rings. The van der Waals surface area contributed by atoms with Gasteiger partial charge in [-0.2, -0.15) is 0 Å². The maximum Gasteiger partial charge on any atom is 0.115 e. The quantitative estimate of drug-likeness (QED) is 0.671. The van der Waals surface area contributed by atoms with E-state index >= 15 is 0 Å². The minimum atomic E-state index is 0.646. The molecular weight excluding hydrogens is 315 g/mol. The molecule has 0 amide bonds. The number of benzene rings is 1. The first-order valence-electron chi connectivity index (χ1n) is 4.79. The van der Waals surface area contributed by atoms with Crippen LogP contribution in [0.2, 0.25) is 0 Å². The van der Waals surface area contributed by atoms with Gasteiger partial charge in [-0.3, -0.25) is 0 Å². The van der Waals surface area contributed by atoms with Gasteiger partial charge in [0.25, 0.3) is 0 Å². The van der Waals surface area contributed by atoms with Crippen molar-refractivity contribution in [1.82, 2.24) is 9.97 Å². The van der Waals surface area contributed by atoms with Gasteiger partial charge in [0.05, 0.1) is 23.6 Å². The van der Waals surface area contributed by atoms with Gasteiger partial charge in [0.1, 0.15) is 6.33 Å². The lowest BCUT2D eigenvalue weighted by atomic mass is 10.2. The Morgan fingerprint density at radius 1 is 1.31 bits per heavy atom. The van der Waals surface area contributed by atoms with Crippen molar-refractivity contribution in [1.29, 1.82) is 0 Å². The van der Waals surface area contributed by atoms with Crippen molar-refractivity contribution in [2.75, 3.05) is 11.1 Å². The van der Waals surface area contributed by atoms with Crippen LogP contribution in [-0.4, -0.2) is 9.97 Å². The first-order valence-corrected chi connectivity index (χ1v) is 5.87. The summed E-state index contributed by atoms with van der Waals surface area (Å²) in [5.41, 5.74) is 8.50. The van der Waals surface area contributed by atoms with E-state index in [-0.39, 0.29) is 0 Å². The average molecular weight is 326 g/mol. The zero-order chi connectivity index (χ0) is 11.4. The fourth-order valence-corrected chi connectivity index (χ4v) is 1.82. The van der Waals surface area contributed by atoms with E-state index in [1.54, 1.807) is 6.20 Å². The summed E-state index contributed by atoms with van der Waals surface area (Å²) >= 11 is 2.23. The summed E-state index contributed by atoms with van der Waals surface area (Å²) in [5, 5.41) is 3.24. The molecule has 1 aromatic heterocycles. The molecule has 1 aromatic carbocycles. The Balaban J connectivity index is 2.05. The molecular formula is C11H11IN4. The third-order valence-corrected chi connectivity index (χ3v) is 2.79. The third-order valence-electron chi connectivity index (χ3n) is 2.12. The van der Waals surface area contributed by atoms with Gasteiger partial charge < -0.3 is 11.1 Å². The minimum absolute atomic E-state index is 0.646. The number of hydrogen-bond donors (Lipinski definition) is 2. The standard InChI is InChI=1S/C11H11IN4/c12-8-1-2-11(10(13)5-8)15-6-9-3-4-14-7-16-9/h1-5,7,15H,6,13H2. The molecule has 0 fully saturated rings. The second kappa shape index (κ2) is 5.11. The summed E-state index contributed by atoms with van der Waals surface area (Å²) in [6.45, 7) is 0.646. The van der Waals surface area contributed by atoms with Crippen molar-refractivity contribution in [2.45, 2.75) is 6.54 Å². The van der Waals surface area contributed by atoms with Crippen LogP contribution in [0.1, 0.15) is 5.69 Å². The van der Waals surface area contributed by atoms with E-state index in [4.69, 9.17) is 5.73 Å². The Morgan fingerprint density at radius 3 is 2.88 bits per heavy atom. The number of nitrogens with one attached hydrogen (secondary N) is 1. The highest BCUT2D eigenvalue weighted by Crippen LogP contribution is 2.21. The van der Waals surface area contributed by atoms with Crippen LogP contribution in [0.3, 0.4) is 0 Å². The van der Waals surface area contributed by atoms with E-state index in [9.17, 15) is 0 Å². The van der Waals surface area contributed by atoms with Crippen LogP contribution >= 0.6 is 22.6 Å². The molecule has 0 unspecified atom stereocenters. The maximum atomic E-state index is 5.89. The van der Waals surface area contributed by atoms with Crippen LogP contribution in [0.5, 0.6) is 0 Å². The molecule has 82 valence electrons. The van der Waals surface area contributed by atoms with Crippen molar-refractivity contribution in [2.24, 2.45) is 0 Å². The van der Waals surface area contributed by atoms with Crippen molar-refractivity contribution >= 4 is 34.0 Å². The molecule has 16 heavy (non-hydrogen) atoms. The van der Waals surface area contributed by atoms with Gasteiger partial charge in [0.2, 0.25) is 0 Å². The van der Waals surface area contributed by atoms with Crippen LogP contribution in [0.25, 0.3) is 0 Å². The largest absolute Gasteiger partial charge is 0.397 e. The number of halogens is 1. The summed E-state index contributed by atoms with van der Waals surface area (Å²) in [6.07, 6.45) is 3.26. The molecule has 0 atom stereocenters. The van der Waals surface area contributed by atoms with Gasteiger partial charge in [0, 0.05) is 9.77 Å². The van der Waals surface area contributed by atoms with Gasteiger partial charge in [-0.1, -0.05) is 0 Å². The molecule has 0 aliphatic carbocycles. The zero-order valence-corrected chi connectivity index (χ0v) is 10.7. The first kappa shape index (κ1) is 11.1. The first-order chi connectivity index (χ1) is 7.75. The lowest BCUT2D eigenvalue weighted by Crippen LogP contribution is -2.04. The third kappa shape index (κ3) is 2.82. The number of nitrogens with zero attached hydrogens (tertiary/aromatic N) is 2. The predicted molar refractivity (Wildman–Crippen MR) is 72.9 cm³/mol. The van der Waals surface area contributed by atoms with Gasteiger partial charge in [0.15, 0.2) is 0 Å². The highest BCUT2D eigenvalue weighted by atomic mass is 127. The number of hydrogen-bond acceptors (Lipinski definition) is 4. The molecule has 2 rings (SSSR count). The molecule has 5 heteroatoms. The zero-order valence-electron chi connectivity index (χ0n) is 8.52. The summed E-state index contributed by atoms with van der Waals surface area (Å²) in [4.78, 5) is 7.99. The van der Waals surface area contributed by atoms with E-state index in [2.05, 4.69) is 37.9 Å². The van der Waals surface area contributed by atoms with E-state index in [0.29, 0.717) is 6.54 Å². The summed E-state index contributed by atoms with van der Waals surface area (Å²) in [7, 11) is 0. The van der Waals surface area contributed by atoms with Gasteiger partial charge >= 0.3 is 0 Å². The lowest BCUT2D eigenvalue weighted by Gasteiger charge is -2.08. The SMILES string of the molecule is Nc1cc(I)ccc1NCc1ccncn1. The van der Waals surface area contributed by atoms with Crippen LogP contribution in [-0.2, 0) is 6.54 Å². The second-order valence-corrected chi connectivity index (χ2v) is 4.53. The highest BCUT2D eigenvalue weighted by Gasteiger charge is 1.99. The Bertz CT molecular complexity index is 473. The Hall–Kier alpha value is -1.37. The minimum Gasteiger partial charge on any atom is -0.397 e. The summed E-state index contributed by atoms with van der Waals surface area (Å²) in [6, 6.07) is 7.79. The molecule has 0 spiro atoms. The number of rotatable bonds is 3. The molecule has 0 saturated heterocycles. The van der Waals surface area contributed by atoms with Gasteiger partial charge in [-0.05, 0) is 46.9 Å². The van der Waals surface area contributed by atoms with Crippen molar-refractivity contribution in [3.05, 3.63) is 46.1 Å². The van der Waals surface area contributed by atoms with Crippen LogP contribution in [0.4, 0.5) is 11.4 Å². The fourth-order valence-electron chi connectivity index (χ4n) is 1.30. The van der Waals surface area contributed by atoms with Crippen molar-refractivity contribution < 1.29 is 0 Å². The average Bonchev–Trinajstić information content (AvgIpc) is 2.29. The van der Waals surface area contributed by atoms with E-state index in [1.165, 1.54) is 6.33 Å². The number of anilines is 2. The normalized spacial score (nSPS) is 10.1. The molecule has 1 heterocycles. The molecule has 0 aliphatic heterocycles. The molecule has 0 aliphatic rings. The topological polar surface area (TPSA) is 63.8 Å². The maximum absolute atomic E-state index is 5.89. The lowest BCUT2D eigenvalue weighted by molar-refractivity contribution is 1.01. The summed E-state index contributed by atoms with van der Waals surface area (Å²) in [5.74, 6) is 0. The Morgan fingerprint density at radius 2 is 2.19 bits per heavy atom. The second-order valence-electron chi connectivity index (χ2n) is 3.29. The van der Waals surface area contributed by atoms with Crippen LogP contribution in [0, 0.1) is 3.57 Å². The smallest absolute Gasteiger partial charge is 0.115 e. The van der Waals surface area contributed by atoms with Crippen LogP contribution in [0.15, 0.2) is 36.8 Å². The Labute approximate surface area is 107 Å². The molecule has 3 N–H and O–H groups in total. The van der Waals surface area contributed by atoms with E-state index in [1.807, 2.05) is 24.3 Å². The number of nitrogen functional groups attached to an aromatic ring is 1. The van der Waals surface area contributed by atoms with E-state index in [0.717, 1.165) is 20.6 Å².